The van der Waals surface area contributed by atoms with Crippen molar-refractivity contribution in [3.05, 3.63) is 64.4 Å². The van der Waals surface area contributed by atoms with Crippen LogP contribution in [0.25, 0.3) is 33.3 Å². The molecule has 36 heavy (non-hydrogen) atoms. The lowest BCUT2D eigenvalue weighted by molar-refractivity contribution is -0.151. The van der Waals surface area contributed by atoms with Crippen LogP contribution in [-0.2, 0) is 33.8 Å². The highest BCUT2D eigenvalue weighted by atomic mass is 16.5. The first-order chi connectivity index (χ1) is 17.6. The first-order valence-electron chi connectivity index (χ1n) is 12.6. The molecule has 1 amide bonds. The van der Waals surface area contributed by atoms with Crippen molar-refractivity contribution in [1.82, 2.24) is 19.0 Å². The van der Waals surface area contributed by atoms with Crippen LogP contribution in [0, 0.1) is 5.92 Å². The van der Waals surface area contributed by atoms with E-state index in [2.05, 4.69) is 6.07 Å². The van der Waals surface area contributed by atoms with Crippen molar-refractivity contribution in [2.45, 2.75) is 39.3 Å². The maximum atomic E-state index is 13.5. The molecular formula is C28H28N4O4. The number of rotatable bonds is 4. The van der Waals surface area contributed by atoms with Crippen molar-refractivity contribution in [2.24, 2.45) is 5.92 Å². The zero-order chi connectivity index (χ0) is 24.8. The molecule has 8 nitrogen and oxygen atoms in total. The van der Waals surface area contributed by atoms with Gasteiger partial charge in [-0.15, -0.1) is 0 Å². The normalized spacial score (nSPS) is 15.6. The average molecular weight is 485 g/mol. The van der Waals surface area contributed by atoms with E-state index in [-0.39, 0.29) is 29.9 Å². The standard InChI is InChI=1S/C28H28N4O4/c1-2-36-28(35)18-11-14-30(15-12-18)24(33)17-32-23-10-6-4-7-19(23)20-13-16-31-26(25(20)32)29-22-9-5-3-8-21(22)27(31)34/h3-10,18H,2,11-17H2,1H3. The highest BCUT2D eigenvalue weighted by Gasteiger charge is 2.31. The van der Waals surface area contributed by atoms with Crippen molar-refractivity contribution in [1.29, 1.82) is 0 Å². The van der Waals surface area contributed by atoms with E-state index >= 15 is 0 Å². The Morgan fingerprint density at radius 2 is 1.72 bits per heavy atom. The van der Waals surface area contributed by atoms with E-state index in [0.29, 0.717) is 62.2 Å². The number of fused-ring (bicyclic) bond motifs is 6. The third-order valence-corrected chi connectivity index (χ3v) is 7.50. The molecule has 0 spiro atoms. The molecule has 0 bridgehead atoms. The first-order valence-corrected chi connectivity index (χ1v) is 12.6. The van der Waals surface area contributed by atoms with Crippen LogP contribution in [0.4, 0.5) is 0 Å². The van der Waals surface area contributed by atoms with Gasteiger partial charge in [-0.05, 0) is 49.9 Å². The summed E-state index contributed by atoms with van der Waals surface area (Å²) < 4.78 is 8.93. The van der Waals surface area contributed by atoms with Crippen LogP contribution in [0.1, 0.15) is 25.3 Å². The molecule has 2 aliphatic heterocycles. The molecule has 6 rings (SSSR count). The van der Waals surface area contributed by atoms with Gasteiger partial charge in [-0.2, -0.15) is 0 Å². The molecular weight excluding hydrogens is 456 g/mol. The molecule has 2 aromatic carbocycles. The van der Waals surface area contributed by atoms with Gasteiger partial charge in [0.2, 0.25) is 5.91 Å². The molecule has 4 aromatic rings. The van der Waals surface area contributed by atoms with E-state index < -0.39 is 0 Å². The Morgan fingerprint density at radius 3 is 2.50 bits per heavy atom. The third kappa shape index (κ3) is 3.59. The van der Waals surface area contributed by atoms with E-state index in [1.54, 1.807) is 4.57 Å². The SMILES string of the molecule is CCOC(=O)C1CCN(C(=O)Cn2c3c(c4ccccc42)CCn2c-3nc3ccccc3c2=O)CC1. The number of nitrogens with zero attached hydrogens (tertiary/aromatic N) is 4. The van der Waals surface area contributed by atoms with Crippen LogP contribution in [0.15, 0.2) is 53.3 Å². The summed E-state index contributed by atoms with van der Waals surface area (Å²) in [6.07, 6.45) is 1.93. The Labute approximate surface area is 208 Å². The topological polar surface area (TPSA) is 86.4 Å². The van der Waals surface area contributed by atoms with Gasteiger partial charge < -0.3 is 14.2 Å². The van der Waals surface area contributed by atoms with Crippen LogP contribution in [0.3, 0.4) is 0 Å². The second-order valence-corrected chi connectivity index (χ2v) is 9.50. The molecule has 1 saturated heterocycles. The number of esters is 1. The van der Waals surface area contributed by atoms with E-state index in [4.69, 9.17) is 9.72 Å². The molecule has 0 N–H and O–H groups in total. The summed E-state index contributed by atoms with van der Waals surface area (Å²) in [6, 6.07) is 15.5. The predicted octanol–water partition coefficient (Wildman–Crippen LogP) is 3.38. The van der Waals surface area contributed by atoms with Gasteiger partial charge in [0.05, 0.1) is 29.1 Å². The molecule has 0 radical (unpaired) electrons. The number of hydrogen-bond acceptors (Lipinski definition) is 5. The summed E-state index contributed by atoms with van der Waals surface area (Å²) in [5, 5.41) is 1.70. The molecule has 0 atom stereocenters. The van der Waals surface area contributed by atoms with E-state index in [1.165, 1.54) is 0 Å². The summed E-state index contributed by atoms with van der Waals surface area (Å²) in [6.45, 7) is 3.95. The Morgan fingerprint density at radius 1 is 1.00 bits per heavy atom. The van der Waals surface area contributed by atoms with Gasteiger partial charge in [0.1, 0.15) is 6.54 Å². The molecule has 2 aromatic heterocycles. The molecule has 184 valence electrons. The number of likely N-dealkylation sites (tertiary alicyclic amines) is 1. The molecule has 1 fully saturated rings. The number of para-hydroxylation sites is 2. The van der Waals surface area contributed by atoms with Gasteiger partial charge in [-0.1, -0.05) is 30.3 Å². The monoisotopic (exact) mass is 484 g/mol. The fraction of sp³-hybridized carbons (Fsp3) is 0.357. The lowest BCUT2D eigenvalue weighted by Crippen LogP contribution is -2.42. The number of carbonyl (C=O) groups is 2. The van der Waals surface area contributed by atoms with Gasteiger partial charge in [0, 0.05) is 30.5 Å². The minimum absolute atomic E-state index is 0.00104. The summed E-state index contributed by atoms with van der Waals surface area (Å²) in [5.41, 5.74) is 3.55. The maximum Gasteiger partial charge on any atom is 0.309 e. The Kier molecular flexibility index (Phi) is 5.59. The molecule has 4 heterocycles. The van der Waals surface area contributed by atoms with Crippen LogP contribution in [0.2, 0.25) is 0 Å². The summed E-state index contributed by atoms with van der Waals surface area (Å²) in [7, 11) is 0. The lowest BCUT2D eigenvalue weighted by Gasteiger charge is -2.31. The van der Waals surface area contributed by atoms with Gasteiger partial charge >= 0.3 is 5.97 Å². The second-order valence-electron chi connectivity index (χ2n) is 9.50. The predicted molar refractivity (Wildman–Crippen MR) is 137 cm³/mol. The molecule has 8 heteroatoms. The second kappa shape index (κ2) is 8.93. The number of aromatic nitrogens is 3. The molecule has 2 aliphatic rings. The van der Waals surface area contributed by atoms with Crippen molar-refractivity contribution in [3.63, 3.8) is 0 Å². The van der Waals surface area contributed by atoms with Crippen LogP contribution >= 0.6 is 0 Å². The van der Waals surface area contributed by atoms with Crippen LogP contribution < -0.4 is 5.56 Å². The number of hydrogen-bond donors (Lipinski definition) is 0. The molecule has 0 unspecified atom stereocenters. The summed E-state index contributed by atoms with van der Waals surface area (Å²) >= 11 is 0. The highest BCUT2D eigenvalue weighted by molar-refractivity contribution is 5.94. The molecule has 0 aliphatic carbocycles. The Bertz CT molecular complexity index is 1560. The van der Waals surface area contributed by atoms with Crippen LogP contribution in [-0.4, -0.2) is 50.6 Å². The smallest absolute Gasteiger partial charge is 0.309 e. The molecule has 0 saturated carbocycles. The Hall–Kier alpha value is -3.94. The number of ether oxygens (including phenoxy) is 1. The van der Waals surface area contributed by atoms with Crippen LogP contribution in [0.5, 0.6) is 0 Å². The zero-order valence-corrected chi connectivity index (χ0v) is 20.3. The fourth-order valence-corrected chi connectivity index (χ4v) is 5.69. The van der Waals surface area contributed by atoms with Crippen molar-refractivity contribution >= 4 is 33.7 Å². The van der Waals surface area contributed by atoms with Gasteiger partial charge in [-0.25, -0.2) is 4.98 Å². The van der Waals surface area contributed by atoms with E-state index in [0.717, 1.165) is 22.2 Å². The number of carbonyl (C=O) groups excluding carboxylic acids is 2. The number of amides is 1. The van der Waals surface area contributed by atoms with Crippen molar-refractivity contribution in [2.75, 3.05) is 19.7 Å². The number of aryl methyl sites for hydroxylation is 1. The van der Waals surface area contributed by atoms with E-state index in [9.17, 15) is 14.4 Å². The number of piperidine rings is 1. The van der Waals surface area contributed by atoms with E-state index in [1.807, 2.05) is 58.9 Å². The third-order valence-electron chi connectivity index (χ3n) is 7.50. The minimum Gasteiger partial charge on any atom is -0.466 e. The number of benzene rings is 2. The zero-order valence-electron chi connectivity index (χ0n) is 20.3. The van der Waals surface area contributed by atoms with Crippen molar-refractivity contribution < 1.29 is 14.3 Å². The van der Waals surface area contributed by atoms with Gasteiger partial charge in [-0.3, -0.25) is 19.0 Å². The highest BCUT2D eigenvalue weighted by Crippen LogP contribution is 2.36. The largest absolute Gasteiger partial charge is 0.466 e. The fourth-order valence-electron chi connectivity index (χ4n) is 5.69. The first kappa shape index (κ1) is 22.5. The quantitative estimate of drug-likeness (QED) is 0.415. The van der Waals surface area contributed by atoms with Gasteiger partial charge in [0.15, 0.2) is 5.82 Å². The lowest BCUT2D eigenvalue weighted by atomic mass is 9.97. The Balaban J connectivity index is 1.39. The van der Waals surface area contributed by atoms with Gasteiger partial charge in [0.25, 0.3) is 5.56 Å². The maximum absolute atomic E-state index is 13.5. The summed E-state index contributed by atoms with van der Waals surface area (Å²) in [4.78, 5) is 45.7. The van der Waals surface area contributed by atoms with Crippen molar-refractivity contribution in [3.8, 4) is 11.5 Å². The summed E-state index contributed by atoms with van der Waals surface area (Å²) in [5.74, 6) is 0.298. The average Bonchev–Trinajstić information content (AvgIpc) is 3.23. The minimum atomic E-state index is -0.171.